The van der Waals surface area contributed by atoms with Gasteiger partial charge in [0.25, 0.3) is 0 Å². The molecule has 1 atom stereocenters. The maximum absolute atomic E-state index is 3.88. The minimum absolute atomic E-state index is 0.111. The molecule has 40 heavy (non-hydrogen) atoms. The Labute approximate surface area is 237 Å². The van der Waals surface area contributed by atoms with Crippen LogP contribution in [0.2, 0.25) is 0 Å². The van der Waals surface area contributed by atoms with Gasteiger partial charge >= 0.3 is 0 Å². The molecule has 0 bridgehead atoms. The molecular weight excluding hydrogens is 486 g/mol. The minimum Gasteiger partial charge on any atom is -0.378 e. The van der Waals surface area contributed by atoms with Crippen LogP contribution in [0, 0.1) is 0 Å². The van der Waals surface area contributed by atoms with Crippen molar-refractivity contribution in [2.24, 2.45) is 0 Å². The molecule has 2 heterocycles. The summed E-state index contributed by atoms with van der Waals surface area (Å²) >= 11 is 0. The molecule has 0 aromatic heterocycles. The standard InChI is InChI=1S/C37H35N3/c1-40(2)31-21-18-27(19-22-31)36(30-20-23-35-29(24-30)17-15-25-8-3-5-12-33(25)38-35)32-11-7-10-28-16-14-26-9-4-6-13-34(26)39-37(28)32/h3-13,18-24,36,38-39H,14-17H2,1-2H3. The summed E-state index contributed by atoms with van der Waals surface area (Å²) in [5.41, 5.74) is 15.6. The van der Waals surface area contributed by atoms with Crippen molar-refractivity contribution in [3.8, 4) is 0 Å². The van der Waals surface area contributed by atoms with Gasteiger partial charge in [0.05, 0.1) is 0 Å². The van der Waals surface area contributed by atoms with E-state index in [9.17, 15) is 0 Å². The lowest BCUT2D eigenvalue weighted by molar-refractivity contribution is 0.937. The van der Waals surface area contributed by atoms with Gasteiger partial charge in [-0.1, -0.05) is 78.9 Å². The fourth-order valence-corrected chi connectivity index (χ4v) is 6.40. The van der Waals surface area contributed by atoms with Crippen molar-refractivity contribution in [1.29, 1.82) is 0 Å². The van der Waals surface area contributed by atoms with Crippen LogP contribution in [0.5, 0.6) is 0 Å². The monoisotopic (exact) mass is 521 g/mol. The molecule has 2 aliphatic heterocycles. The minimum atomic E-state index is 0.111. The highest BCUT2D eigenvalue weighted by molar-refractivity contribution is 5.74. The molecule has 1 unspecified atom stereocenters. The number of para-hydroxylation sites is 3. The fourth-order valence-electron chi connectivity index (χ4n) is 6.40. The molecule has 3 nitrogen and oxygen atoms in total. The summed E-state index contributed by atoms with van der Waals surface area (Å²) in [6.07, 6.45) is 4.15. The largest absolute Gasteiger partial charge is 0.378 e. The third kappa shape index (κ3) is 4.52. The number of anilines is 5. The normalized spacial score (nSPS) is 14.2. The van der Waals surface area contributed by atoms with Crippen LogP contribution >= 0.6 is 0 Å². The molecule has 7 rings (SSSR count). The number of fused-ring (bicyclic) bond motifs is 4. The molecule has 0 radical (unpaired) electrons. The van der Waals surface area contributed by atoms with Gasteiger partial charge < -0.3 is 15.5 Å². The second-order valence-corrected chi connectivity index (χ2v) is 11.3. The fraction of sp³-hybridized carbons (Fsp3) is 0.189. The van der Waals surface area contributed by atoms with Crippen LogP contribution in [0.3, 0.4) is 0 Å². The van der Waals surface area contributed by atoms with Crippen LogP contribution in [-0.4, -0.2) is 14.1 Å². The maximum Gasteiger partial charge on any atom is 0.0459 e. The first-order valence-corrected chi connectivity index (χ1v) is 14.4. The van der Waals surface area contributed by atoms with Crippen molar-refractivity contribution in [2.45, 2.75) is 31.6 Å². The molecule has 198 valence electrons. The van der Waals surface area contributed by atoms with E-state index >= 15 is 0 Å². The van der Waals surface area contributed by atoms with Gasteiger partial charge in [-0.2, -0.15) is 0 Å². The van der Waals surface area contributed by atoms with Crippen LogP contribution in [0.25, 0.3) is 0 Å². The van der Waals surface area contributed by atoms with Gasteiger partial charge in [0.15, 0.2) is 0 Å². The Morgan fingerprint density at radius 3 is 1.82 bits per heavy atom. The van der Waals surface area contributed by atoms with Gasteiger partial charge in [0, 0.05) is 48.5 Å². The number of benzene rings is 5. The van der Waals surface area contributed by atoms with Gasteiger partial charge in [0.2, 0.25) is 0 Å². The average Bonchev–Trinajstić information content (AvgIpc) is 3.30. The number of rotatable bonds is 4. The zero-order valence-corrected chi connectivity index (χ0v) is 23.2. The molecule has 0 fully saturated rings. The predicted molar refractivity (Wildman–Crippen MR) is 169 cm³/mol. The molecule has 0 spiro atoms. The molecule has 0 aliphatic carbocycles. The second-order valence-electron chi connectivity index (χ2n) is 11.3. The third-order valence-electron chi connectivity index (χ3n) is 8.59. The summed E-state index contributed by atoms with van der Waals surface area (Å²) in [4.78, 5) is 2.16. The molecule has 0 saturated heterocycles. The topological polar surface area (TPSA) is 27.3 Å². The lowest BCUT2D eigenvalue weighted by Gasteiger charge is -2.25. The highest BCUT2D eigenvalue weighted by atomic mass is 15.1. The Kier molecular flexibility index (Phi) is 6.28. The second kappa shape index (κ2) is 10.2. The van der Waals surface area contributed by atoms with E-state index in [1.165, 1.54) is 67.4 Å². The van der Waals surface area contributed by atoms with Crippen LogP contribution in [0.15, 0.2) is 109 Å². The molecule has 2 aliphatic rings. The van der Waals surface area contributed by atoms with Crippen molar-refractivity contribution in [3.63, 3.8) is 0 Å². The van der Waals surface area contributed by atoms with Gasteiger partial charge in [-0.25, -0.2) is 0 Å². The van der Waals surface area contributed by atoms with Crippen molar-refractivity contribution < 1.29 is 0 Å². The Hall–Kier alpha value is -4.50. The van der Waals surface area contributed by atoms with Crippen LogP contribution in [0.4, 0.5) is 28.4 Å². The average molecular weight is 522 g/mol. The zero-order valence-electron chi connectivity index (χ0n) is 23.2. The summed E-state index contributed by atoms with van der Waals surface area (Å²) < 4.78 is 0. The molecule has 3 heteroatoms. The van der Waals surface area contributed by atoms with Gasteiger partial charge in [-0.05, 0) is 95.0 Å². The first-order valence-electron chi connectivity index (χ1n) is 14.4. The number of hydrogen-bond donors (Lipinski definition) is 2. The smallest absolute Gasteiger partial charge is 0.0459 e. The molecule has 0 amide bonds. The van der Waals surface area contributed by atoms with Crippen LogP contribution in [0.1, 0.15) is 44.9 Å². The van der Waals surface area contributed by atoms with E-state index in [4.69, 9.17) is 0 Å². The van der Waals surface area contributed by atoms with Crippen molar-refractivity contribution >= 4 is 28.4 Å². The SMILES string of the molecule is CN(C)c1ccc(C(c2ccc3c(c2)CCc2ccccc2N3)c2cccc3c2Nc2ccccc2CC3)cc1. The number of nitrogens with one attached hydrogen (secondary N) is 2. The number of aryl methyl sites for hydroxylation is 4. The molecule has 5 aromatic rings. The first kappa shape index (κ1) is 24.5. The highest BCUT2D eigenvalue weighted by Crippen LogP contribution is 2.43. The van der Waals surface area contributed by atoms with Gasteiger partial charge in [-0.15, -0.1) is 0 Å². The molecular formula is C37H35N3. The van der Waals surface area contributed by atoms with E-state index in [1.807, 2.05) is 0 Å². The summed E-state index contributed by atoms with van der Waals surface area (Å²) in [5, 5.41) is 7.60. The van der Waals surface area contributed by atoms with E-state index in [0.717, 1.165) is 25.7 Å². The summed E-state index contributed by atoms with van der Waals surface area (Å²) in [6.45, 7) is 0. The quantitative estimate of drug-likeness (QED) is 0.232. The van der Waals surface area contributed by atoms with E-state index < -0.39 is 0 Å². The van der Waals surface area contributed by atoms with E-state index in [0.29, 0.717) is 0 Å². The maximum atomic E-state index is 3.88. The van der Waals surface area contributed by atoms with E-state index in [2.05, 4.69) is 139 Å². The Morgan fingerprint density at radius 1 is 0.525 bits per heavy atom. The van der Waals surface area contributed by atoms with Crippen LogP contribution in [-0.2, 0) is 25.7 Å². The molecule has 2 N–H and O–H groups in total. The van der Waals surface area contributed by atoms with Crippen molar-refractivity contribution in [1.82, 2.24) is 0 Å². The Morgan fingerprint density at radius 2 is 1.10 bits per heavy atom. The van der Waals surface area contributed by atoms with Crippen molar-refractivity contribution in [3.05, 3.63) is 148 Å². The summed E-state index contributed by atoms with van der Waals surface area (Å²) in [6, 6.07) is 40.5. The van der Waals surface area contributed by atoms with Crippen LogP contribution < -0.4 is 15.5 Å². The lowest BCUT2D eigenvalue weighted by Crippen LogP contribution is -2.11. The molecule has 0 saturated carbocycles. The lowest BCUT2D eigenvalue weighted by atomic mass is 9.82. The Balaban J connectivity index is 1.36. The number of hydrogen-bond acceptors (Lipinski definition) is 3. The first-order chi connectivity index (χ1) is 19.6. The zero-order chi connectivity index (χ0) is 27.1. The summed E-state index contributed by atoms with van der Waals surface area (Å²) in [7, 11) is 4.20. The van der Waals surface area contributed by atoms with Gasteiger partial charge in [-0.3, -0.25) is 0 Å². The molecule has 5 aromatic carbocycles. The van der Waals surface area contributed by atoms with E-state index in [1.54, 1.807) is 0 Å². The number of nitrogens with zero attached hydrogens (tertiary/aromatic N) is 1. The van der Waals surface area contributed by atoms with E-state index in [-0.39, 0.29) is 5.92 Å². The van der Waals surface area contributed by atoms with Crippen molar-refractivity contribution in [2.75, 3.05) is 29.6 Å². The van der Waals surface area contributed by atoms with Gasteiger partial charge in [0.1, 0.15) is 0 Å². The highest BCUT2D eigenvalue weighted by Gasteiger charge is 2.25. The Bertz CT molecular complexity index is 1680. The predicted octanol–water partition coefficient (Wildman–Crippen LogP) is 8.62. The summed E-state index contributed by atoms with van der Waals surface area (Å²) in [5.74, 6) is 0.111. The third-order valence-corrected chi connectivity index (χ3v) is 8.59.